The van der Waals surface area contributed by atoms with Gasteiger partial charge in [-0.2, -0.15) is 0 Å². The van der Waals surface area contributed by atoms with Crippen molar-refractivity contribution in [1.29, 1.82) is 0 Å². The molecule has 110 valence electrons. The van der Waals surface area contributed by atoms with Gasteiger partial charge in [-0.3, -0.25) is 4.98 Å². The quantitative estimate of drug-likeness (QED) is 0.513. The fourth-order valence-electron chi connectivity index (χ4n) is 1.48. The Bertz CT molecular complexity index is 654. The third-order valence-electron chi connectivity index (χ3n) is 2.42. The molecule has 0 bridgehead atoms. The van der Waals surface area contributed by atoms with E-state index in [2.05, 4.69) is 15.0 Å². The van der Waals surface area contributed by atoms with Crippen molar-refractivity contribution >= 4 is 35.1 Å². The van der Waals surface area contributed by atoms with E-state index in [9.17, 15) is 4.79 Å². The Morgan fingerprint density at radius 2 is 2.29 bits per heavy atom. The van der Waals surface area contributed by atoms with E-state index in [1.807, 2.05) is 0 Å². The van der Waals surface area contributed by atoms with Gasteiger partial charge < -0.3 is 10.5 Å². The highest BCUT2D eigenvalue weighted by Gasteiger charge is 2.13. The molecule has 0 fully saturated rings. The largest absolute Gasteiger partial charge is 0.462 e. The van der Waals surface area contributed by atoms with Gasteiger partial charge in [0.05, 0.1) is 12.3 Å². The van der Waals surface area contributed by atoms with Gasteiger partial charge in [0.2, 0.25) is 0 Å². The number of nitrogens with zero attached hydrogens (tertiary/aromatic N) is 3. The Balaban J connectivity index is 2.05. The van der Waals surface area contributed by atoms with E-state index < -0.39 is 5.97 Å². The van der Waals surface area contributed by atoms with Crippen LogP contribution in [0.25, 0.3) is 0 Å². The van der Waals surface area contributed by atoms with Crippen LogP contribution in [-0.4, -0.2) is 27.5 Å². The maximum Gasteiger partial charge on any atom is 0.343 e. The van der Waals surface area contributed by atoms with E-state index in [4.69, 9.17) is 22.1 Å². The number of nitrogens with two attached hydrogens (primary N) is 1. The molecule has 8 heteroatoms. The van der Waals surface area contributed by atoms with Crippen LogP contribution < -0.4 is 5.73 Å². The molecule has 0 atom stereocenters. The number of esters is 1. The molecule has 0 radical (unpaired) electrons. The minimum absolute atomic E-state index is 0.102. The van der Waals surface area contributed by atoms with Crippen molar-refractivity contribution in [2.45, 2.75) is 17.8 Å². The molecule has 0 spiro atoms. The van der Waals surface area contributed by atoms with Crippen LogP contribution in [0.4, 0.5) is 5.82 Å². The van der Waals surface area contributed by atoms with Crippen LogP contribution in [0.3, 0.4) is 0 Å². The lowest BCUT2D eigenvalue weighted by Crippen LogP contribution is -2.10. The lowest BCUT2D eigenvalue weighted by molar-refractivity contribution is 0.0526. The van der Waals surface area contributed by atoms with Crippen LogP contribution in [0.15, 0.2) is 29.7 Å². The minimum Gasteiger partial charge on any atom is -0.462 e. The summed E-state index contributed by atoms with van der Waals surface area (Å²) in [6, 6.07) is 3.48. The van der Waals surface area contributed by atoms with Crippen molar-refractivity contribution in [3.05, 3.63) is 40.8 Å². The van der Waals surface area contributed by atoms with Crippen LogP contribution in [0.2, 0.25) is 5.02 Å². The normalized spacial score (nSPS) is 10.4. The third-order valence-corrected chi connectivity index (χ3v) is 3.55. The molecular formula is C13H13ClN4O2S. The van der Waals surface area contributed by atoms with E-state index >= 15 is 0 Å². The zero-order valence-electron chi connectivity index (χ0n) is 11.2. The van der Waals surface area contributed by atoms with Crippen molar-refractivity contribution in [1.82, 2.24) is 15.0 Å². The fraction of sp³-hybridized carbons (Fsp3) is 0.231. The third kappa shape index (κ3) is 4.30. The summed E-state index contributed by atoms with van der Waals surface area (Å²) < 4.78 is 4.86. The van der Waals surface area contributed by atoms with Crippen LogP contribution in [-0.2, 0) is 10.5 Å². The summed E-state index contributed by atoms with van der Waals surface area (Å²) in [6.07, 6.45) is 3.01. The number of hydrogen-bond acceptors (Lipinski definition) is 7. The number of aromatic nitrogens is 3. The lowest BCUT2D eigenvalue weighted by Gasteiger charge is -2.06. The molecule has 0 amide bonds. The number of rotatable bonds is 5. The second-order valence-corrected chi connectivity index (χ2v) is 5.30. The Hall–Kier alpha value is -1.86. The molecule has 0 saturated carbocycles. The van der Waals surface area contributed by atoms with Gasteiger partial charge in [-0.25, -0.2) is 14.8 Å². The number of thioether (sulfide) groups is 1. The Labute approximate surface area is 131 Å². The number of pyridine rings is 1. The molecule has 2 aromatic heterocycles. The Morgan fingerprint density at radius 3 is 2.95 bits per heavy atom. The van der Waals surface area contributed by atoms with Gasteiger partial charge in [0.25, 0.3) is 0 Å². The highest BCUT2D eigenvalue weighted by molar-refractivity contribution is 7.98. The van der Waals surface area contributed by atoms with Gasteiger partial charge in [-0.05, 0) is 19.1 Å². The molecule has 0 aliphatic carbocycles. The monoisotopic (exact) mass is 324 g/mol. The molecule has 2 heterocycles. The number of ether oxygens (including phenoxy) is 1. The molecule has 2 rings (SSSR count). The van der Waals surface area contributed by atoms with Crippen LogP contribution in [0, 0.1) is 0 Å². The molecule has 21 heavy (non-hydrogen) atoms. The van der Waals surface area contributed by atoms with Crippen molar-refractivity contribution in [3.63, 3.8) is 0 Å². The second kappa shape index (κ2) is 7.24. The lowest BCUT2D eigenvalue weighted by atomic mass is 10.3. The van der Waals surface area contributed by atoms with Gasteiger partial charge in [-0.1, -0.05) is 23.4 Å². The molecule has 0 saturated heterocycles. The van der Waals surface area contributed by atoms with Crippen molar-refractivity contribution in [3.8, 4) is 0 Å². The summed E-state index contributed by atoms with van der Waals surface area (Å²) >= 11 is 7.24. The van der Waals surface area contributed by atoms with E-state index in [0.717, 1.165) is 5.69 Å². The highest BCUT2D eigenvalue weighted by Crippen LogP contribution is 2.21. The van der Waals surface area contributed by atoms with Crippen LogP contribution >= 0.6 is 23.4 Å². The average Bonchev–Trinajstić information content (AvgIpc) is 2.45. The van der Waals surface area contributed by atoms with Gasteiger partial charge in [0.15, 0.2) is 5.16 Å². The first-order chi connectivity index (χ1) is 10.1. The van der Waals surface area contributed by atoms with E-state index in [-0.39, 0.29) is 18.0 Å². The van der Waals surface area contributed by atoms with Gasteiger partial charge in [0.1, 0.15) is 11.4 Å². The van der Waals surface area contributed by atoms with Crippen LogP contribution in [0.5, 0.6) is 0 Å². The first kappa shape index (κ1) is 15.5. The summed E-state index contributed by atoms with van der Waals surface area (Å²) in [7, 11) is 0. The fourth-order valence-corrected chi connectivity index (χ4v) is 2.39. The maximum absolute atomic E-state index is 11.6. The molecular weight excluding hydrogens is 312 g/mol. The maximum atomic E-state index is 11.6. The predicted octanol–water partition coefficient (Wildman–Crippen LogP) is 2.58. The highest BCUT2D eigenvalue weighted by atomic mass is 35.5. The number of anilines is 1. The molecule has 0 unspecified atom stereocenters. The summed E-state index contributed by atoms with van der Waals surface area (Å²) in [5.74, 6) is 0.131. The smallest absolute Gasteiger partial charge is 0.343 e. The zero-order chi connectivity index (χ0) is 15.2. The number of nitrogen functional groups attached to an aromatic ring is 1. The molecule has 6 nitrogen and oxygen atoms in total. The standard InChI is InChI=1S/C13H13ClN4O2S/c1-2-20-12(19)10-6-17-13(18-11(10)15)21-7-9-5-8(14)3-4-16-9/h3-6H,2,7H2,1H3,(H2,15,17,18). The minimum atomic E-state index is -0.525. The topological polar surface area (TPSA) is 91.0 Å². The van der Waals surface area contributed by atoms with Crippen molar-refractivity contribution < 1.29 is 9.53 Å². The van der Waals surface area contributed by atoms with E-state index in [1.165, 1.54) is 18.0 Å². The van der Waals surface area contributed by atoms with Gasteiger partial charge >= 0.3 is 5.97 Å². The zero-order valence-corrected chi connectivity index (χ0v) is 12.8. The molecule has 0 aliphatic heterocycles. The molecule has 0 aliphatic rings. The summed E-state index contributed by atoms with van der Waals surface area (Å²) in [5, 5.41) is 1.08. The number of halogens is 1. The summed E-state index contributed by atoms with van der Waals surface area (Å²) in [6.45, 7) is 1.99. The van der Waals surface area contributed by atoms with Gasteiger partial charge in [0, 0.05) is 23.2 Å². The molecule has 0 aromatic carbocycles. The summed E-state index contributed by atoms with van der Waals surface area (Å²) in [5.41, 5.74) is 6.72. The Kier molecular flexibility index (Phi) is 5.35. The van der Waals surface area contributed by atoms with Crippen LogP contribution in [0.1, 0.15) is 23.0 Å². The number of hydrogen-bond donors (Lipinski definition) is 1. The van der Waals surface area contributed by atoms with Crippen molar-refractivity contribution in [2.75, 3.05) is 12.3 Å². The molecule has 2 aromatic rings. The predicted molar refractivity (Wildman–Crippen MR) is 81.2 cm³/mol. The number of carbonyl (C=O) groups excluding carboxylic acids is 1. The first-order valence-corrected chi connectivity index (χ1v) is 7.49. The average molecular weight is 325 g/mol. The van der Waals surface area contributed by atoms with E-state index in [0.29, 0.717) is 15.9 Å². The van der Waals surface area contributed by atoms with Gasteiger partial charge in [-0.15, -0.1) is 0 Å². The second-order valence-electron chi connectivity index (χ2n) is 3.93. The summed E-state index contributed by atoms with van der Waals surface area (Å²) in [4.78, 5) is 23.9. The first-order valence-electron chi connectivity index (χ1n) is 6.13. The number of carbonyl (C=O) groups is 1. The van der Waals surface area contributed by atoms with Crippen molar-refractivity contribution in [2.24, 2.45) is 0 Å². The van der Waals surface area contributed by atoms with E-state index in [1.54, 1.807) is 25.3 Å². The molecule has 2 N–H and O–H groups in total. The SMILES string of the molecule is CCOC(=O)c1cnc(SCc2cc(Cl)ccn2)nc1N. The Morgan fingerprint density at radius 1 is 1.48 bits per heavy atom.